The number of ketones is 1. The highest BCUT2D eigenvalue weighted by molar-refractivity contribution is 6.06. The fraction of sp³-hybridized carbons (Fsp3) is 0.139. The Balaban J connectivity index is 0.000000318. The van der Waals surface area contributed by atoms with Crippen LogP contribution in [-0.4, -0.2) is 32.0 Å². The smallest absolute Gasteiger partial charge is 0.404 e. The van der Waals surface area contributed by atoms with Crippen LogP contribution in [-0.2, 0) is 15.8 Å². The molecule has 2 aromatic heterocycles. The molecule has 0 saturated carbocycles. The van der Waals surface area contributed by atoms with Gasteiger partial charge in [-0.15, -0.1) is 0 Å². The Kier molecular flexibility index (Phi) is 15.9. The molecule has 0 unspecified atom stereocenters. The average Bonchev–Trinajstić information content (AvgIpc) is 3.14. The number of amides is 1. The summed E-state index contributed by atoms with van der Waals surface area (Å²) in [5.41, 5.74) is -7.03. The molecular weight excluding hydrogens is 870 g/mol. The minimum Gasteiger partial charge on any atom is -0.404 e. The molecule has 3 aromatic carbocycles. The molecule has 0 aliphatic carbocycles. The van der Waals surface area contributed by atoms with Gasteiger partial charge >= 0.3 is 23.8 Å². The first kappa shape index (κ1) is 49.9. The largest absolute Gasteiger partial charge is 0.450 e. The van der Waals surface area contributed by atoms with Crippen molar-refractivity contribution in [3.63, 3.8) is 0 Å². The highest BCUT2D eigenvalue weighted by atomic mass is 19.4. The van der Waals surface area contributed by atoms with Crippen LogP contribution in [0, 0.1) is 61.5 Å². The molecule has 0 aliphatic rings. The second-order valence-corrected chi connectivity index (χ2v) is 11.3. The highest BCUT2D eigenvalue weighted by Gasteiger charge is 2.39. The molecule has 0 bridgehead atoms. The summed E-state index contributed by atoms with van der Waals surface area (Å²) in [6.45, 7) is 21.2. The van der Waals surface area contributed by atoms with Crippen LogP contribution in [0.4, 0.5) is 75.4 Å². The summed E-state index contributed by atoms with van der Waals surface area (Å²) in [5.74, 6) is -14.4. The molecule has 0 fully saturated rings. The van der Waals surface area contributed by atoms with Gasteiger partial charge in [0.15, 0.2) is 0 Å². The normalized spacial score (nSPS) is 10.6. The van der Waals surface area contributed by atoms with Crippen LogP contribution in [0.2, 0.25) is 0 Å². The lowest BCUT2D eigenvalue weighted by atomic mass is 10.2. The van der Waals surface area contributed by atoms with Gasteiger partial charge < -0.3 is 14.7 Å². The molecule has 0 saturated heterocycles. The van der Waals surface area contributed by atoms with Gasteiger partial charge in [-0.05, 0) is 43.3 Å². The van der Waals surface area contributed by atoms with Crippen molar-refractivity contribution in [2.75, 3.05) is 5.32 Å². The number of aromatic amines is 1. The van der Waals surface area contributed by atoms with E-state index in [2.05, 4.69) is 23.9 Å². The van der Waals surface area contributed by atoms with Crippen molar-refractivity contribution in [3.05, 3.63) is 171 Å². The number of nitrogens with one attached hydrogen (secondary N) is 2. The first-order chi connectivity index (χ1) is 28.2. The standard InChI is InChI=1S/C12H3F5N2O3.C12H7F2N3O2.C11H5F5N2O2.CH4/c1-18-7-2-6(14)8(3-5(7)13)19-10(20)4-9(12(15,16)17)22-11(19)21;1-6-3-11(18)17(12(19)16-6)10-5-7(13)9(15-2)4-8(10)14;1-17-7-2-6(13)8(3-5(7)12)18-10(20)4-9(19)11(14,15)16;/h2-4H;3-5H,1H3,(H,16,19);2-3H,4H2,(H,18,20);1H4. The van der Waals surface area contributed by atoms with Gasteiger partial charge in [0.05, 0.1) is 49.3 Å². The van der Waals surface area contributed by atoms with Crippen LogP contribution < -0.4 is 27.9 Å². The first-order valence-electron chi connectivity index (χ1n) is 15.4. The summed E-state index contributed by atoms with van der Waals surface area (Å²) in [4.78, 5) is 78.4. The van der Waals surface area contributed by atoms with E-state index in [1.54, 1.807) is 5.32 Å². The lowest BCUT2D eigenvalue weighted by Gasteiger charge is -2.08. The highest BCUT2D eigenvalue weighted by Crippen LogP contribution is 2.29. The SMILES string of the molecule is C.[C-]#[N+]c1cc(F)c(-n2c(=O)cc(C(F)(F)F)oc2=O)cc1F.[C-]#[N+]c1cc(F)c(-n2c(=O)cc(C)[nH]c2=O)cc1F.[C-]#[N+]c1cc(F)c(NC(=O)CC(=O)C(F)(F)F)cc1F. The van der Waals surface area contributed by atoms with Crippen molar-refractivity contribution >= 4 is 34.4 Å². The van der Waals surface area contributed by atoms with Gasteiger partial charge in [0, 0.05) is 11.8 Å². The molecule has 0 aliphatic heterocycles. The molecule has 0 atom stereocenters. The third-order valence-electron chi connectivity index (χ3n) is 7.03. The molecule has 2 N–H and O–H groups in total. The fourth-order valence-electron chi connectivity index (χ4n) is 4.36. The number of carbonyl (C=O) groups is 2. The number of aromatic nitrogens is 3. The minimum atomic E-state index is -5.19. The molecule has 2 heterocycles. The number of carbonyl (C=O) groups excluding carboxylic acids is 2. The van der Waals surface area contributed by atoms with Crippen molar-refractivity contribution < 1.29 is 66.7 Å². The quantitative estimate of drug-likeness (QED) is 0.103. The van der Waals surface area contributed by atoms with Gasteiger partial charge in [-0.1, -0.05) is 7.43 Å². The molecule has 0 radical (unpaired) electrons. The predicted octanol–water partition coefficient (Wildman–Crippen LogP) is 7.91. The van der Waals surface area contributed by atoms with E-state index in [9.17, 15) is 81.5 Å². The number of H-pyrrole nitrogens is 1. The average molecular weight is 890 g/mol. The number of halogens is 12. The van der Waals surface area contributed by atoms with E-state index in [4.69, 9.17) is 19.7 Å². The summed E-state index contributed by atoms with van der Waals surface area (Å²) < 4.78 is 158. The van der Waals surface area contributed by atoms with Gasteiger partial charge in [-0.25, -0.2) is 59.6 Å². The van der Waals surface area contributed by atoms with Crippen molar-refractivity contribution in [3.8, 4) is 11.4 Å². The molecule has 14 nitrogen and oxygen atoms in total. The number of alkyl halides is 6. The van der Waals surface area contributed by atoms with E-state index in [1.807, 2.05) is 0 Å². The van der Waals surface area contributed by atoms with Crippen LogP contribution >= 0.6 is 0 Å². The van der Waals surface area contributed by atoms with E-state index < -0.39 is 128 Å². The lowest BCUT2D eigenvalue weighted by Crippen LogP contribution is -2.34. The molecule has 5 aromatic rings. The zero-order valence-electron chi connectivity index (χ0n) is 29.5. The molecule has 324 valence electrons. The first-order valence-corrected chi connectivity index (χ1v) is 15.4. The van der Waals surface area contributed by atoms with E-state index in [0.717, 1.165) is 6.07 Å². The fourth-order valence-corrected chi connectivity index (χ4v) is 4.36. The maximum atomic E-state index is 13.7. The Morgan fingerprint density at radius 3 is 1.52 bits per heavy atom. The molecule has 1 amide bonds. The van der Waals surface area contributed by atoms with Crippen LogP contribution in [0.1, 0.15) is 25.3 Å². The summed E-state index contributed by atoms with van der Waals surface area (Å²) in [6.07, 6.45) is -11.8. The van der Waals surface area contributed by atoms with E-state index >= 15 is 0 Å². The molecule has 5 rings (SSSR count). The second-order valence-electron chi connectivity index (χ2n) is 11.3. The summed E-state index contributed by atoms with van der Waals surface area (Å²) in [7, 11) is 0. The number of hydrogen-bond acceptors (Lipinski definition) is 7. The maximum absolute atomic E-state index is 13.7. The Morgan fingerprint density at radius 1 is 0.661 bits per heavy atom. The number of aryl methyl sites for hydroxylation is 1. The zero-order valence-corrected chi connectivity index (χ0v) is 29.5. The second kappa shape index (κ2) is 19.7. The third-order valence-corrected chi connectivity index (χ3v) is 7.03. The number of hydrogen-bond donors (Lipinski definition) is 2. The van der Waals surface area contributed by atoms with E-state index in [-0.39, 0.29) is 18.1 Å². The van der Waals surface area contributed by atoms with Crippen molar-refractivity contribution in [2.24, 2.45) is 0 Å². The van der Waals surface area contributed by atoms with Gasteiger partial charge in [-0.2, -0.15) is 26.3 Å². The van der Waals surface area contributed by atoms with Gasteiger partial charge in [0.2, 0.25) is 34.5 Å². The maximum Gasteiger partial charge on any atom is 0.450 e. The Bertz CT molecular complexity index is 2890. The molecular formula is C36H19F12N7O7. The molecule has 0 spiro atoms. The van der Waals surface area contributed by atoms with Crippen LogP contribution in [0.5, 0.6) is 0 Å². The molecule has 26 heteroatoms. The van der Waals surface area contributed by atoms with Gasteiger partial charge in [-0.3, -0.25) is 19.2 Å². The molecule has 62 heavy (non-hydrogen) atoms. The van der Waals surface area contributed by atoms with Gasteiger partial charge in [0.25, 0.3) is 11.1 Å². The Morgan fingerprint density at radius 2 is 1.10 bits per heavy atom. The Hall–Kier alpha value is -8.21. The number of Topliss-reactive ketones (excluding diaryl/α,β-unsaturated/α-hetero) is 1. The minimum absolute atomic E-state index is 0. The lowest BCUT2D eigenvalue weighted by molar-refractivity contribution is -0.171. The predicted molar refractivity (Wildman–Crippen MR) is 189 cm³/mol. The van der Waals surface area contributed by atoms with Crippen molar-refractivity contribution in [1.82, 2.24) is 14.1 Å². The summed E-state index contributed by atoms with van der Waals surface area (Å²) in [5, 5.41) is 1.63. The summed E-state index contributed by atoms with van der Waals surface area (Å²) in [6, 6.07) is 3.97. The number of nitrogens with zero attached hydrogens (tertiary/aromatic N) is 5. The van der Waals surface area contributed by atoms with Gasteiger partial charge in [0.1, 0.15) is 34.9 Å². The number of rotatable bonds is 5. The number of anilines is 1. The topological polar surface area (TPSA) is 166 Å². The third kappa shape index (κ3) is 11.9. The number of benzene rings is 3. The monoisotopic (exact) mass is 889 g/mol. The van der Waals surface area contributed by atoms with Crippen LogP contribution in [0.15, 0.2) is 72.1 Å². The zero-order chi connectivity index (χ0) is 46.3. The summed E-state index contributed by atoms with van der Waals surface area (Å²) >= 11 is 0. The van der Waals surface area contributed by atoms with Crippen molar-refractivity contribution in [2.45, 2.75) is 33.1 Å². The van der Waals surface area contributed by atoms with E-state index in [1.165, 1.54) is 6.92 Å². The Labute approximate surface area is 336 Å². The van der Waals surface area contributed by atoms with Crippen LogP contribution in [0.25, 0.3) is 25.9 Å². The van der Waals surface area contributed by atoms with E-state index in [0.29, 0.717) is 46.7 Å². The van der Waals surface area contributed by atoms with Crippen LogP contribution in [0.3, 0.4) is 0 Å². The van der Waals surface area contributed by atoms with Crippen molar-refractivity contribution in [1.29, 1.82) is 0 Å².